The molecule has 5 aromatic carbocycles. The molecular formula is C136H168N8O4. The summed E-state index contributed by atoms with van der Waals surface area (Å²) in [6.07, 6.45) is 46.6. The molecule has 12 heteroatoms. The predicted octanol–water partition coefficient (Wildman–Crippen LogP) is 38.7. The number of hydrogen-bond acceptors (Lipinski definition) is 8. The number of aryl methyl sites for hydroxylation is 8. The minimum Gasteiger partial charge on any atom is -0.488 e. The van der Waals surface area contributed by atoms with Crippen LogP contribution in [0.1, 0.15) is 428 Å². The molecule has 11 aromatic rings. The fourth-order valence-electron chi connectivity index (χ4n) is 23.6. The molecule has 0 atom stereocenters. The highest BCUT2D eigenvalue weighted by Gasteiger charge is 2.34. The minimum atomic E-state index is -0.105. The quantitative estimate of drug-likeness (QED) is 0.0216. The number of nitrogens with one attached hydrogen (secondary N) is 4. The summed E-state index contributed by atoms with van der Waals surface area (Å²) < 4.78 is 14.6. The molecule has 4 aliphatic heterocycles. The third kappa shape index (κ3) is 24.9. The summed E-state index contributed by atoms with van der Waals surface area (Å²) in [5.74, 6) is 1.28. The van der Waals surface area contributed by atoms with E-state index in [4.69, 9.17) is 29.4 Å². The summed E-state index contributed by atoms with van der Waals surface area (Å²) in [7, 11) is 0. The Bertz CT molecular complexity index is 7080. The smallest absolute Gasteiger partial charge is 0.182 e. The van der Waals surface area contributed by atoms with Crippen molar-refractivity contribution in [2.24, 2.45) is 0 Å². The van der Waals surface area contributed by atoms with Crippen LogP contribution in [0.5, 0.6) is 11.5 Å². The van der Waals surface area contributed by atoms with E-state index in [9.17, 15) is 9.59 Å². The van der Waals surface area contributed by atoms with Crippen LogP contribution < -0.4 is 9.47 Å². The number of ketones is 2. The Kier molecular flexibility index (Phi) is 38.3. The van der Waals surface area contributed by atoms with Gasteiger partial charge in [0.2, 0.25) is 0 Å². The summed E-state index contributed by atoms with van der Waals surface area (Å²) in [6, 6.07) is 56.0. The molecule has 0 radical (unpaired) electrons. The fourth-order valence-corrected chi connectivity index (χ4v) is 23.6. The van der Waals surface area contributed by atoms with E-state index in [1.54, 1.807) is 13.0 Å². The molecule has 5 aliphatic rings. The number of carbonyl (C=O) groups excluding carboxylic acids is 2. The highest BCUT2D eigenvalue weighted by atomic mass is 16.5. The summed E-state index contributed by atoms with van der Waals surface area (Å²) in [6.45, 7) is 40.1. The van der Waals surface area contributed by atoms with E-state index in [0.29, 0.717) is 30.8 Å². The van der Waals surface area contributed by atoms with Gasteiger partial charge in [0, 0.05) is 61.9 Å². The molecule has 16 rings (SSSR count). The van der Waals surface area contributed by atoms with Crippen molar-refractivity contribution in [1.29, 1.82) is 0 Å². The van der Waals surface area contributed by atoms with Crippen molar-refractivity contribution in [3.63, 3.8) is 0 Å². The van der Waals surface area contributed by atoms with Gasteiger partial charge < -0.3 is 29.4 Å². The number of H-pyrrole nitrogens is 4. The molecule has 776 valence electrons. The second-order valence-corrected chi connectivity index (χ2v) is 43.3. The van der Waals surface area contributed by atoms with Gasteiger partial charge in [0.25, 0.3) is 0 Å². The molecule has 12 nitrogen and oxygen atoms in total. The lowest BCUT2D eigenvalue weighted by molar-refractivity contribution is -0.115. The zero-order chi connectivity index (χ0) is 104. The molecule has 16 bridgehead atoms. The molecule has 10 heterocycles. The number of benzene rings is 5. The van der Waals surface area contributed by atoms with Crippen LogP contribution in [-0.4, -0.2) is 51.4 Å². The van der Waals surface area contributed by atoms with Crippen LogP contribution in [0, 0.1) is 27.7 Å². The summed E-state index contributed by atoms with van der Waals surface area (Å²) >= 11 is 0. The zero-order valence-corrected chi connectivity index (χ0v) is 92.9. The number of nitrogens with zero attached hydrogens (tertiary/aromatic N) is 4. The molecule has 4 N–H and O–H groups in total. The number of fused-ring (bicyclic) bond motifs is 16. The fraction of sp³-hybridized carbons (Fsp3) is 0.441. The Balaban J connectivity index is 1.00. The van der Waals surface area contributed by atoms with Crippen molar-refractivity contribution in [2.45, 2.75) is 394 Å². The van der Waals surface area contributed by atoms with Crippen molar-refractivity contribution in [3.8, 4) is 56.0 Å². The number of carbonyl (C=O) groups is 2. The number of rotatable bonds is 52. The number of aromatic nitrogens is 8. The molecule has 0 fully saturated rings. The van der Waals surface area contributed by atoms with Gasteiger partial charge in [-0.05, 0) is 336 Å². The van der Waals surface area contributed by atoms with Crippen LogP contribution in [-0.2, 0) is 54.9 Å². The third-order valence-corrected chi connectivity index (χ3v) is 32.5. The number of hydrogen-bond donors (Lipinski definition) is 4. The van der Waals surface area contributed by atoms with Crippen LogP contribution in [0.4, 0.5) is 0 Å². The first-order valence-corrected chi connectivity index (χ1v) is 57.8. The molecule has 0 amide bonds. The molecule has 0 saturated carbocycles. The van der Waals surface area contributed by atoms with E-state index in [1.807, 2.05) is 0 Å². The first-order chi connectivity index (χ1) is 72.2. The highest BCUT2D eigenvalue weighted by molar-refractivity contribution is 6.20. The Morgan fingerprint density at radius 1 is 0.257 bits per heavy atom. The minimum absolute atomic E-state index is 0.101. The molecule has 0 saturated heterocycles. The van der Waals surface area contributed by atoms with Crippen LogP contribution in [0.15, 0.2) is 175 Å². The number of unbranched alkanes of at least 4 members (excludes halogenated alkanes) is 24. The van der Waals surface area contributed by atoms with E-state index in [-0.39, 0.29) is 11.6 Å². The largest absolute Gasteiger partial charge is 0.488 e. The van der Waals surface area contributed by atoms with Gasteiger partial charge in [0.05, 0.1) is 73.2 Å². The van der Waals surface area contributed by atoms with Crippen molar-refractivity contribution in [1.82, 2.24) is 39.9 Å². The van der Waals surface area contributed by atoms with Crippen LogP contribution in [0.25, 0.3) is 133 Å². The average molecular weight is 1980 g/mol. The van der Waals surface area contributed by atoms with Crippen molar-refractivity contribution in [3.05, 3.63) is 282 Å². The van der Waals surface area contributed by atoms with Crippen molar-refractivity contribution < 1.29 is 19.1 Å². The van der Waals surface area contributed by atoms with Crippen LogP contribution >= 0.6 is 0 Å². The van der Waals surface area contributed by atoms with E-state index in [2.05, 4.69) is 282 Å². The average Bonchev–Trinajstić information content (AvgIpc) is 1.58. The normalized spacial score (nSPS) is 13.4. The number of aromatic amines is 4. The SMILES string of the molecule is CCCCCCC1=C(C)c2nc1cc1[nH]c(c(C)c1CCCCCC)c(-c1ccc(CC3=CC(=O)C(C)=CC3=O)cc1)c1nc(cc3[nH]c(c(C)c3CCCCCC)c2-c2ccc(-c3c4nc(cc5[nH]c(c(C)c5CCCCCC)c(-c5c(OCc6ccccc6)cccc5OCc5ccccc5)c5nc(cc6[nH]c3c(C)c6CCCCCC)C(CCCCCC)=C5C)C(CCCCCC)=C4C)cc2)C(CCCCCC)=C1C. The molecule has 148 heavy (non-hydrogen) atoms. The molecule has 6 aromatic heterocycles. The second-order valence-electron chi connectivity index (χ2n) is 43.3. The maximum Gasteiger partial charge on any atom is 0.182 e. The van der Waals surface area contributed by atoms with Gasteiger partial charge in [0.1, 0.15) is 24.7 Å². The number of allylic oxidation sites excluding steroid dienone is 12. The van der Waals surface area contributed by atoms with E-state index in [0.717, 1.165) is 368 Å². The Hall–Kier alpha value is -12.3. The predicted molar refractivity (Wildman–Crippen MR) is 630 cm³/mol. The summed E-state index contributed by atoms with van der Waals surface area (Å²) in [4.78, 5) is 69.1. The van der Waals surface area contributed by atoms with Crippen LogP contribution in [0.3, 0.4) is 0 Å². The van der Waals surface area contributed by atoms with Crippen molar-refractivity contribution in [2.75, 3.05) is 0 Å². The zero-order valence-electron chi connectivity index (χ0n) is 92.9. The van der Waals surface area contributed by atoms with Crippen LogP contribution in [0.2, 0.25) is 0 Å². The number of ether oxygens (including phenoxy) is 2. The van der Waals surface area contributed by atoms with Gasteiger partial charge in [-0.3, -0.25) is 9.59 Å². The maximum absolute atomic E-state index is 13.6. The van der Waals surface area contributed by atoms with Crippen molar-refractivity contribution >= 4 is 100 Å². The first kappa shape index (κ1) is 108. The third-order valence-electron chi connectivity index (χ3n) is 32.5. The van der Waals surface area contributed by atoms with Gasteiger partial charge in [0.15, 0.2) is 11.6 Å². The summed E-state index contributed by atoms with van der Waals surface area (Å²) in [5.41, 5.74) is 49.5. The molecule has 0 spiro atoms. The van der Waals surface area contributed by atoms with E-state index >= 15 is 0 Å². The first-order valence-electron chi connectivity index (χ1n) is 57.8. The lowest BCUT2D eigenvalue weighted by atomic mass is 9.91. The van der Waals surface area contributed by atoms with E-state index in [1.165, 1.54) is 147 Å². The Morgan fingerprint density at radius 3 is 0.818 bits per heavy atom. The second kappa shape index (κ2) is 52.2. The lowest BCUT2D eigenvalue weighted by Gasteiger charge is -2.19. The summed E-state index contributed by atoms with van der Waals surface area (Å²) in [5, 5.41) is 0. The standard InChI is InChI=1S/C136H168N8O4/c1-18-26-34-48-61-104-89(10)129-124(100-73-71-97(72-74-100)80-103-81-120(145)88(9)79-121(103)146)130-90(11)105(62-49-35-27-19-2)113(138-130)83-115-107(64-51-37-29-21-4)92(13)132(140-115)125(131-91(12)106(63-50-36-28-20-3)114(139-131)82-112(104)137-129)101-75-77-102(78-76-101)126-133-93(14)108(65-52-38-30-22-5)116(141-133)84-118-110(67-54-40-32-24-7)95(16)135(143-118)128(127-122(147-86-98-57-44-42-45-58-98)69-56-70-123(127)148-87-99-59-46-43-47-60-99)136-96(17)111(68-55-41-33-25-8)119(144-136)85-117-109(66-53-39-31-23-6)94(15)134(126)142-117/h42-47,56-60,69-79,81-85,137,140-141,144H,18-41,48-55,61-68,80,86-87H2,1-17H3. The van der Waals surface area contributed by atoms with Gasteiger partial charge >= 0.3 is 0 Å². The topological polar surface area (TPSA) is 167 Å². The molecule has 1 aliphatic carbocycles. The Labute approximate surface area is 885 Å². The molecule has 0 unspecified atom stereocenters. The van der Waals surface area contributed by atoms with Gasteiger partial charge in [-0.15, -0.1) is 0 Å². The van der Waals surface area contributed by atoms with Gasteiger partial charge in [-0.25, -0.2) is 19.9 Å². The highest BCUT2D eigenvalue weighted by Crippen LogP contribution is 2.52. The maximum atomic E-state index is 13.6. The Morgan fingerprint density at radius 2 is 0.527 bits per heavy atom. The van der Waals surface area contributed by atoms with Gasteiger partial charge in [-0.2, -0.15) is 0 Å². The van der Waals surface area contributed by atoms with Gasteiger partial charge in [-0.1, -0.05) is 325 Å². The molecular weight excluding hydrogens is 1810 g/mol. The lowest BCUT2D eigenvalue weighted by Crippen LogP contribution is -2.13. The monoisotopic (exact) mass is 1980 g/mol. The van der Waals surface area contributed by atoms with E-state index < -0.39 is 0 Å².